The van der Waals surface area contributed by atoms with E-state index in [9.17, 15) is 0 Å². The Morgan fingerprint density at radius 1 is 1.40 bits per heavy atom. The lowest BCUT2D eigenvalue weighted by atomic mass is 10.1. The van der Waals surface area contributed by atoms with Crippen LogP contribution in [0.5, 0.6) is 0 Å². The van der Waals surface area contributed by atoms with Crippen LogP contribution in [0.25, 0.3) is 5.57 Å². The quantitative estimate of drug-likeness (QED) is 0.558. The van der Waals surface area contributed by atoms with Crippen LogP contribution in [-0.4, -0.2) is 0 Å². The summed E-state index contributed by atoms with van der Waals surface area (Å²) in [5, 5.41) is 0. The third kappa shape index (κ3) is 1.47. The molecule has 0 radical (unpaired) electrons. The van der Waals surface area contributed by atoms with Crippen LogP contribution in [0.2, 0.25) is 0 Å². The first-order chi connectivity index (χ1) is 6.91. The summed E-state index contributed by atoms with van der Waals surface area (Å²) in [7, 11) is 0. The lowest BCUT2D eigenvalue weighted by Crippen LogP contribution is -1.75. The summed E-state index contributed by atoms with van der Waals surface area (Å²) in [5.74, 6) is 0. The van der Waals surface area contributed by atoms with E-state index in [1.165, 1.54) is 0 Å². The van der Waals surface area contributed by atoms with Gasteiger partial charge in [-0.1, -0.05) is 36.3 Å². The first-order valence-electron chi connectivity index (χ1n) is 5.62. The number of hydrogen-bond acceptors (Lipinski definition) is 0. The molecule has 0 amide bonds. The molecular weight excluding hydrogens is 120 g/mol. The molecule has 0 spiro atoms. The van der Waals surface area contributed by atoms with E-state index in [1.807, 2.05) is 0 Å². The first kappa shape index (κ1) is 2.91. The SMILES string of the molecule is [2H]c1c([2H])c([2H])c(/C(C)=C/C)c([2H])c1[2H]. The molecular formula is C10H12. The molecule has 0 saturated carbocycles. The minimum absolute atomic E-state index is 0.142. The van der Waals surface area contributed by atoms with E-state index in [2.05, 4.69) is 0 Å². The summed E-state index contributed by atoms with van der Waals surface area (Å²) in [4.78, 5) is 0. The van der Waals surface area contributed by atoms with Crippen molar-refractivity contribution in [2.45, 2.75) is 13.8 Å². The van der Waals surface area contributed by atoms with E-state index in [-0.39, 0.29) is 35.8 Å². The van der Waals surface area contributed by atoms with E-state index < -0.39 is 0 Å². The van der Waals surface area contributed by atoms with Gasteiger partial charge in [0.05, 0.1) is 6.85 Å². The van der Waals surface area contributed by atoms with Gasteiger partial charge in [-0.05, 0) is 25.0 Å². The van der Waals surface area contributed by atoms with Crippen LogP contribution in [0.1, 0.15) is 26.3 Å². The number of benzene rings is 1. The third-order valence-electron chi connectivity index (χ3n) is 1.33. The topological polar surface area (TPSA) is 0 Å². The largest absolute Gasteiger partial charge is 0.0841 e. The van der Waals surface area contributed by atoms with Crippen molar-refractivity contribution in [3.8, 4) is 0 Å². The van der Waals surface area contributed by atoms with Crippen LogP contribution in [0.15, 0.2) is 36.3 Å². The Labute approximate surface area is 69.2 Å². The van der Waals surface area contributed by atoms with Gasteiger partial charge in [0.2, 0.25) is 0 Å². The number of allylic oxidation sites excluding steroid dienone is 2. The van der Waals surface area contributed by atoms with Crippen molar-refractivity contribution in [3.05, 3.63) is 41.9 Å². The first-order valence-corrected chi connectivity index (χ1v) is 3.12. The molecule has 0 aliphatic heterocycles. The van der Waals surface area contributed by atoms with Crippen LogP contribution >= 0.6 is 0 Å². The van der Waals surface area contributed by atoms with Gasteiger partial charge in [-0.3, -0.25) is 0 Å². The highest BCUT2D eigenvalue weighted by Crippen LogP contribution is 2.11. The summed E-state index contributed by atoms with van der Waals surface area (Å²) in [5.41, 5.74) is 0.968. The molecule has 0 nitrogen and oxygen atoms in total. The predicted octanol–water partition coefficient (Wildman–Crippen LogP) is 3.11. The van der Waals surface area contributed by atoms with E-state index in [1.54, 1.807) is 19.9 Å². The summed E-state index contributed by atoms with van der Waals surface area (Å²) in [6, 6.07) is -1.20. The lowest BCUT2D eigenvalue weighted by molar-refractivity contribution is 1.54. The number of rotatable bonds is 1. The third-order valence-corrected chi connectivity index (χ3v) is 1.33. The van der Waals surface area contributed by atoms with Crippen LogP contribution in [0.4, 0.5) is 0 Å². The second-order valence-electron chi connectivity index (χ2n) is 1.97. The van der Waals surface area contributed by atoms with Crippen molar-refractivity contribution in [2.75, 3.05) is 0 Å². The molecule has 52 valence electrons. The van der Waals surface area contributed by atoms with Crippen molar-refractivity contribution in [1.29, 1.82) is 0 Å². The molecule has 1 rings (SSSR count). The van der Waals surface area contributed by atoms with Crippen molar-refractivity contribution >= 4 is 5.57 Å². The van der Waals surface area contributed by atoms with E-state index in [0.29, 0.717) is 5.57 Å². The van der Waals surface area contributed by atoms with Gasteiger partial charge in [-0.2, -0.15) is 0 Å². The maximum atomic E-state index is 7.66. The van der Waals surface area contributed by atoms with Gasteiger partial charge in [-0.15, -0.1) is 0 Å². The Bertz CT molecular complexity index is 405. The molecule has 1 aromatic rings. The summed E-state index contributed by atoms with van der Waals surface area (Å²) in [6.07, 6.45) is 1.73. The van der Waals surface area contributed by atoms with E-state index in [0.717, 1.165) is 0 Å². The normalized spacial score (nSPS) is 18.6. The smallest absolute Gasteiger partial charge is 0.0629 e. The molecule has 0 saturated heterocycles. The second-order valence-corrected chi connectivity index (χ2v) is 1.97. The molecule has 1 aromatic carbocycles. The van der Waals surface area contributed by atoms with Gasteiger partial charge >= 0.3 is 0 Å². The maximum Gasteiger partial charge on any atom is 0.0629 e. The molecule has 0 heterocycles. The van der Waals surface area contributed by atoms with Crippen molar-refractivity contribution < 1.29 is 6.85 Å². The van der Waals surface area contributed by atoms with Crippen molar-refractivity contribution in [3.63, 3.8) is 0 Å². The van der Waals surface area contributed by atoms with Gasteiger partial charge < -0.3 is 0 Å². The Kier molecular flexibility index (Phi) is 0.935. The van der Waals surface area contributed by atoms with E-state index >= 15 is 0 Å². The fourth-order valence-corrected chi connectivity index (χ4v) is 0.592. The zero-order valence-corrected chi connectivity index (χ0v) is 6.08. The Morgan fingerprint density at radius 2 is 2.00 bits per heavy atom. The summed E-state index contributed by atoms with van der Waals surface area (Å²) >= 11 is 0. The minimum Gasteiger partial charge on any atom is -0.0841 e. The van der Waals surface area contributed by atoms with Crippen LogP contribution in [0, 0.1) is 0 Å². The highest BCUT2D eigenvalue weighted by atomic mass is 13.9. The molecule has 10 heavy (non-hydrogen) atoms. The molecule has 0 fully saturated rings. The summed E-state index contributed by atoms with van der Waals surface area (Å²) in [6.45, 7) is 3.50. The Hall–Kier alpha value is -1.04. The van der Waals surface area contributed by atoms with Crippen LogP contribution in [-0.2, 0) is 0 Å². The molecule has 0 aliphatic carbocycles. The second kappa shape index (κ2) is 3.21. The van der Waals surface area contributed by atoms with Gasteiger partial charge in [-0.25, -0.2) is 0 Å². The zero-order valence-electron chi connectivity index (χ0n) is 11.1. The van der Waals surface area contributed by atoms with Gasteiger partial charge in [0, 0.05) is 0 Å². The average molecular weight is 137 g/mol. The molecule has 0 aromatic heterocycles. The van der Waals surface area contributed by atoms with Crippen molar-refractivity contribution in [1.82, 2.24) is 0 Å². The Morgan fingerprint density at radius 3 is 2.50 bits per heavy atom. The fourth-order valence-electron chi connectivity index (χ4n) is 0.592. The molecule has 0 unspecified atom stereocenters. The summed E-state index contributed by atoms with van der Waals surface area (Å²) < 4.78 is 37.7. The van der Waals surface area contributed by atoms with E-state index in [4.69, 9.17) is 6.85 Å². The number of hydrogen-bond donors (Lipinski definition) is 0. The van der Waals surface area contributed by atoms with Gasteiger partial charge in [0.1, 0.15) is 0 Å². The highest BCUT2D eigenvalue weighted by molar-refractivity contribution is 5.62. The van der Waals surface area contributed by atoms with Gasteiger partial charge in [0.15, 0.2) is 0 Å². The predicted molar refractivity (Wildman–Crippen MR) is 45.8 cm³/mol. The monoisotopic (exact) mass is 137 g/mol. The van der Waals surface area contributed by atoms with Crippen molar-refractivity contribution in [2.24, 2.45) is 0 Å². The minimum atomic E-state index is -0.349. The molecule has 0 atom stereocenters. The maximum absolute atomic E-state index is 7.66. The van der Waals surface area contributed by atoms with Gasteiger partial charge in [0.25, 0.3) is 0 Å². The molecule has 0 aliphatic rings. The zero-order chi connectivity index (χ0) is 11.7. The Balaban J connectivity index is 3.67. The van der Waals surface area contributed by atoms with Crippen LogP contribution < -0.4 is 0 Å². The lowest BCUT2D eigenvalue weighted by Gasteiger charge is -1.97. The average Bonchev–Trinajstić information content (AvgIpc) is 2.23. The highest BCUT2D eigenvalue weighted by Gasteiger charge is 1.88. The van der Waals surface area contributed by atoms with Crippen LogP contribution in [0.3, 0.4) is 0 Å². The molecule has 0 heteroatoms. The standard InChI is InChI=1S/C10H12/c1-3-9(2)10-7-5-4-6-8-10/h3-8H,1-2H3/b9-3+/i4D,5D,6D,7D,8D. The molecule has 0 N–H and O–H groups in total. The fraction of sp³-hybridized carbons (Fsp3) is 0.200. The molecule has 0 bridgehead atoms.